The normalized spacial score (nSPS) is 23.0. The zero-order valence-electron chi connectivity index (χ0n) is 13.5. The molecule has 0 bridgehead atoms. The van der Waals surface area contributed by atoms with Crippen LogP contribution in [0.2, 0.25) is 0 Å². The summed E-state index contributed by atoms with van der Waals surface area (Å²) in [4.78, 5) is 12.5. The second kappa shape index (κ2) is 9.35. The number of piperidine rings is 1. The van der Waals surface area contributed by atoms with Crippen molar-refractivity contribution in [3.8, 4) is 0 Å². The van der Waals surface area contributed by atoms with Gasteiger partial charge in [-0.1, -0.05) is 27.2 Å². The predicted octanol–water partition coefficient (Wildman–Crippen LogP) is 2.34. The van der Waals surface area contributed by atoms with Crippen LogP contribution in [0.25, 0.3) is 0 Å². The average molecular weight is 284 g/mol. The van der Waals surface area contributed by atoms with Crippen LogP contribution in [0.15, 0.2) is 0 Å². The number of carbonyl (C=O) groups excluding carboxylic acids is 1. The van der Waals surface area contributed by atoms with Crippen molar-refractivity contribution in [1.29, 1.82) is 0 Å². The summed E-state index contributed by atoms with van der Waals surface area (Å²) < 4.78 is 5.53. The largest absolute Gasteiger partial charge is 0.381 e. The fourth-order valence-electron chi connectivity index (χ4n) is 2.85. The van der Waals surface area contributed by atoms with Gasteiger partial charge in [0.25, 0.3) is 0 Å². The lowest BCUT2D eigenvalue weighted by Gasteiger charge is -2.36. The number of rotatable bonds is 9. The van der Waals surface area contributed by atoms with E-state index < -0.39 is 0 Å². The fourth-order valence-corrected chi connectivity index (χ4v) is 2.85. The minimum Gasteiger partial charge on any atom is -0.381 e. The Hall–Kier alpha value is -0.610. The second-order valence-electron chi connectivity index (χ2n) is 6.39. The lowest BCUT2D eigenvalue weighted by Crippen LogP contribution is -2.50. The van der Waals surface area contributed by atoms with Gasteiger partial charge in [-0.05, 0) is 38.1 Å². The molecule has 0 spiro atoms. The molecule has 1 amide bonds. The third kappa shape index (κ3) is 5.80. The summed E-state index contributed by atoms with van der Waals surface area (Å²) in [5, 5.41) is 6.49. The zero-order chi connectivity index (χ0) is 14.8. The first-order chi connectivity index (χ1) is 9.60. The summed E-state index contributed by atoms with van der Waals surface area (Å²) in [6.07, 6.45) is 5.06. The molecule has 0 aromatic carbocycles. The minimum absolute atomic E-state index is 0.175. The van der Waals surface area contributed by atoms with Crippen molar-refractivity contribution in [3.63, 3.8) is 0 Å². The number of nitrogens with one attached hydrogen (secondary N) is 2. The molecule has 1 atom stereocenters. The first-order valence-corrected chi connectivity index (χ1v) is 8.17. The molecule has 4 heteroatoms. The molecule has 1 rings (SSSR count). The summed E-state index contributed by atoms with van der Waals surface area (Å²) in [6, 6.07) is 0. The van der Waals surface area contributed by atoms with Crippen molar-refractivity contribution >= 4 is 5.91 Å². The molecule has 1 fully saturated rings. The van der Waals surface area contributed by atoms with E-state index in [9.17, 15) is 4.79 Å². The van der Waals surface area contributed by atoms with E-state index in [0.717, 1.165) is 65.0 Å². The molecule has 0 radical (unpaired) electrons. The first-order valence-electron chi connectivity index (χ1n) is 8.17. The number of hydrogen-bond acceptors (Lipinski definition) is 3. The van der Waals surface area contributed by atoms with E-state index in [4.69, 9.17) is 4.74 Å². The monoisotopic (exact) mass is 284 g/mol. The van der Waals surface area contributed by atoms with E-state index in [2.05, 4.69) is 31.4 Å². The van der Waals surface area contributed by atoms with Crippen LogP contribution in [0.4, 0.5) is 0 Å². The highest BCUT2D eigenvalue weighted by Gasteiger charge is 2.38. The van der Waals surface area contributed by atoms with Gasteiger partial charge in [0.2, 0.25) is 5.91 Å². The summed E-state index contributed by atoms with van der Waals surface area (Å²) in [6.45, 7) is 10.6. The molecule has 20 heavy (non-hydrogen) atoms. The molecule has 1 aliphatic rings. The number of amides is 1. The second-order valence-corrected chi connectivity index (χ2v) is 6.39. The third-order valence-electron chi connectivity index (χ3n) is 3.88. The van der Waals surface area contributed by atoms with Gasteiger partial charge in [-0.2, -0.15) is 0 Å². The number of hydrogen-bond donors (Lipinski definition) is 2. The van der Waals surface area contributed by atoms with E-state index in [-0.39, 0.29) is 11.3 Å². The summed E-state index contributed by atoms with van der Waals surface area (Å²) in [7, 11) is 0. The van der Waals surface area contributed by atoms with Crippen molar-refractivity contribution in [3.05, 3.63) is 0 Å². The van der Waals surface area contributed by atoms with Crippen LogP contribution in [-0.2, 0) is 9.53 Å². The van der Waals surface area contributed by atoms with Gasteiger partial charge in [0.05, 0.1) is 5.41 Å². The molecular formula is C16H32N2O2. The molecular weight excluding hydrogens is 252 g/mol. The summed E-state index contributed by atoms with van der Waals surface area (Å²) in [5.74, 6) is 0.807. The Morgan fingerprint density at radius 3 is 2.85 bits per heavy atom. The Bertz CT molecular complexity index is 268. The van der Waals surface area contributed by atoms with E-state index in [1.165, 1.54) is 0 Å². The quantitative estimate of drug-likeness (QED) is 0.639. The Kier molecular flexibility index (Phi) is 8.15. The molecule has 1 saturated heterocycles. The van der Waals surface area contributed by atoms with Crippen molar-refractivity contribution in [2.45, 2.75) is 52.9 Å². The zero-order valence-corrected chi connectivity index (χ0v) is 13.5. The van der Waals surface area contributed by atoms with Gasteiger partial charge >= 0.3 is 0 Å². The SMILES string of the molecule is CCCC1(C(=O)NCCCOCC(C)C)CCCNC1. The highest BCUT2D eigenvalue weighted by molar-refractivity contribution is 5.83. The molecule has 4 nitrogen and oxygen atoms in total. The molecule has 0 aliphatic carbocycles. The van der Waals surface area contributed by atoms with Gasteiger partial charge < -0.3 is 15.4 Å². The van der Waals surface area contributed by atoms with Crippen LogP contribution in [0.5, 0.6) is 0 Å². The van der Waals surface area contributed by atoms with Crippen LogP contribution >= 0.6 is 0 Å². The maximum atomic E-state index is 12.5. The predicted molar refractivity (Wildman–Crippen MR) is 82.7 cm³/mol. The molecule has 1 aliphatic heterocycles. The van der Waals surface area contributed by atoms with E-state index in [0.29, 0.717) is 5.92 Å². The third-order valence-corrected chi connectivity index (χ3v) is 3.88. The molecule has 118 valence electrons. The van der Waals surface area contributed by atoms with Gasteiger partial charge in [-0.25, -0.2) is 0 Å². The van der Waals surface area contributed by atoms with Gasteiger partial charge in [0, 0.05) is 26.3 Å². The molecule has 1 heterocycles. The van der Waals surface area contributed by atoms with Crippen molar-refractivity contribution in [2.24, 2.45) is 11.3 Å². The Balaban J connectivity index is 2.25. The fraction of sp³-hybridized carbons (Fsp3) is 0.938. The van der Waals surface area contributed by atoms with Crippen molar-refractivity contribution in [2.75, 3.05) is 32.8 Å². The van der Waals surface area contributed by atoms with Gasteiger partial charge in [0.1, 0.15) is 0 Å². The minimum atomic E-state index is -0.175. The van der Waals surface area contributed by atoms with Gasteiger partial charge in [-0.3, -0.25) is 4.79 Å². The van der Waals surface area contributed by atoms with Crippen molar-refractivity contribution < 1.29 is 9.53 Å². The van der Waals surface area contributed by atoms with Crippen LogP contribution in [0.3, 0.4) is 0 Å². The Labute approximate surface area is 124 Å². The lowest BCUT2D eigenvalue weighted by atomic mass is 9.76. The van der Waals surface area contributed by atoms with Crippen molar-refractivity contribution in [1.82, 2.24) is 10.6 Å². The summed E-state index contributed by atoms with van der Waals surface area (Å²) >= 11 is 0. The lowest BCUT2D eigenvalue weighted by molar-refractivity contribution is -0.132. The molecule has 0 saturated carbocycles. The maximum absolute atomic E-state index is 12.5. The molecule has 0 aromatic heterocycles. The number of ether oxygens (including phenoxy) is 1. The molecule has 1 unspecified atom stereocenters. The maximum Gasteiger partial charge on any atom is 0.227 e. The number of carbonyl (C=O) groups is 1. The van der Waals surface area contributed by atoms with E-state index >= 15 is 0 Å². The first kappa shape index (κ1) is 17.4. The summed E-state index contributed by atoms with van der Waals surface area (Å²) in [5.41, 5.74) is -0.175. The van der Waals surface area contributed by atoms with E-state index in [1.807, 2.05) is 0 Å². The van der Waals surface area contributed by atoms with Gasteiger partial charge in [-0.15, -0.1) is 0 Å². The topological polar surface area (TPSA) is 50.4 Å². The standard InChI is InChI=1S/C16H32N2O2/c1-4-7-16(8-5-9-17-13-16)15(19)18-10-6-11-20-12-14(2)3/h14,17H,4-13H2,1-3H3,(H,18,19). The van der Waals surface area contributed by atoms with Crippen LogP contribution in [0, 0.1) is 11.3 Å². The smallest absolute Gasteiger partial charge is 0.227 e. The van der Waals surface area contributed by atoms with Gasteiger partial charge in [0.15, 0.2) is 0 Å². The average Bonchev–Trinajstić information content (AvgIpc) is 2.43. The van der Waals surface area contributed by atoms with E-state index in [1.54, 1.807) is 0 Å². The van der Waals surface area contributed by atoms with Crippen LogP contribution in [0.1, 0.15) is 52.9 Å². The molecule has 0 aromatic rings. The molecule has 2 N–H and O–H groups in total. The Morgan fingerprint density at radius 1 is 1.45 bits per heavy atom. The highest BCUT2D eigenvalue weighted by atomic mass is 16.5. The van der Waals surface area contributed by atoms with Crippen LogP contribution in [-0.4, -0.2) is 38.8 Å². The Morgan fingerprint density at radius 2 is 2.25 bits per heavy atom. The highest BCUT2D eigenvalue weighted by Crippen LogP contribution is 2.31. The van der Waals surface area contributed by atoms with Crippen LogP contribution < -0.4 is 10.6 Å².